The highest BCUT2D eigenvalue weighted by Crippen LogP contribution is 2.30. The standard InChI is InChI=1S/C14H24N4/c1-10-5-4-8-18(13(10)9-15)12(3)14-11(2)16-6-7-17-14/h6-7,10,12-13H,4-5,8-9,15H2,1-3H3. The van der Waals surface area contributed by atoms with Gasteiger partial charge < -0.3 is 5.73 Å². The van der Waals surface area contributed by atoms with E-state index in [9.17, 15) is 0 Å². The van der Waals surface area contributed by atoms with E-state index in [1.165, 1.54) is 12.8 Å². The van der Waals surface area contributed by atoms with Crippen LogP contribution in [0.5, 0.6) is 0 Å². The molecule has 0 bridgehead atoms. The second-order valence-electron chi connectivity index (χ2n) is 5.36. The van der Waals surface area contributed by atoms with Crippen molar-refractivity contribution in [3.8, 4) is 0 Å². The van der Waals surface area contributed by atoms with Crippen LogP contribution in [0.4, 0.5) is 0 Å². The number of piperidine rings is 1. The molecule has 1 saturated heterocycles. The minimum absolute atomic E-state index is 0.301. The summed E-state index contributed by atoms with van der Waals surface area (Å²) in [6.45, 7) is 8.40. The highest BCUT2D eigenvalue weighted by Gasteiger charge is 2.32. The van der Waals surface area contributed by atoms with Crippen molar-refractivity contribution in [2.45, 2.75) is 45.7 Å². The van der Waals surface area contributed by atoms with Crippen molar-refractivity contribution in [3.05, 3.63) is 23.8 Å². The Morgan fingerprint density at radius 3 is 2.83 bits per heavy atom. The van der Waals surface area contributed by atoms with Crippen molar-refractivity contribution in [1.82, 2.24) is 14.9 Å². The van der Waals surface area contributed by atoms with Crippen LogP contribution in [0.25, 0.3) is 0 Å². The van der Waals surface area contributed by atoms with Crippen molar-refractivity contribution in [2.24, 2.45) is 11.7 Å². The third kappa shape index (κ3) is 2.54. The lowest BCUT2D eigenvalue weighted by atomic mass is 9.89. The second-order valence-corrected chi connectivity index (χ2v) is 5.36. The summed E-state index contributed by atoms with van der Waals surface area (Å²) >= 11 is 0. The monoisotopic (exact) mass is 248 g/mol. The van der Waals surface area contributed by atoms with Gasteiger partial charge in [-0.25, -0.2) is 0 Å². The number of aryl methyl sites for hydroxylation is 1. The zero-order valence-corrected chi connectivity index (χ0v) is 11.6. The highest BCUT2D eigenvalue weighted by molar-refractivity contribution is 5.13. The van der Waals surface area contributed by atoms with Gasteiger partial charge in [0.1, 0.15) is 0 Å². The van der Waals surface area contributed by atoms with Gasteiger partial charge in [0.25, 0.3) is 0 Å². The summed E-state index contributed by atoms with van der Waals surface area (Å²) in [5.41, 5.74) is 8.08. The van der Waals surface area contributed by atoms with Crippen molar-refractivity contribution < 1.29 is 0 Å². The number of likely N-dealkylation sites (tertiary alicyclic amines) is 1. The average molecular weight is 248 g/mol. The van der Waals surface area contributed by atoms with Crippen LogP contribution in [0.2, 0.25) is 0 Å². The lowest BCUT2D eigenvalue weighted by Gasteiger charge is -2.42. The predicted molar refractivity (Wildman–Crippen MR) is 73.1 cm³/mol. The maximum absolute atomic E-state index is 5.96. The number of nitrogens with two attached hydrogens (primary N) is 1. The first-order chi connectivity index (χ1) is 8.65. The summed E-state index contributed by atoms with van der Waals surface area (Å²) < 4.78 is 0. The molecule has 2 heterocycles. The maximum Gasteiger partial charge on any atom is 0.0784 e. The van der Waals surface area contributed by atoms with E-state index >= 15 is 0 Å². The molecule has 0 saturated carbocycles. The minimum Gasteiger partial charge on any atom is -0.329 e. The van der Waals surface area contributed by atoms with E-state index in [2.05, 4.69) is 28.7 Å². The van der Waals surface area contributed by atoms with Gasteiger partial charge in [-0.2, -0.15) is 0 Å². The van der Waals surface area contributed by atoms with E-state index in [4.69, 9.17) is 5.73 Å². The lowest BCUT2D eigenvalue weighted by Crippen LogP contribution is -2.49. The molecule has 0 aliphatic carbocycles. The van der Waals surface area contributed by atoms with Crippen LogP contribution in [0.3, 0.4) is 0 Å². The molecule has 2 rings (SSSR count). The maximum atomic E-state index is 5.96. The van der Waals surface area contributed by atoms with E-state index in [0.717, 1.165) is 24.5 Å². The molecule has 1 aromatic rings. The molecule has 0 amide bonds. The first-order valence-electron chi connectivity index (χ1n) is 6.88. The second kappa shape index (κ2) is 5.76. The number of nitrogens with zero attached hydrogens (tertiary/aromatic N) is 3. The molecule has 0 aromatic carbocycles. The Bertz CT molecular complexity index is 393. The van der Waals surface area contributed by atoms with Gasteiger partial charge >= 0.3 is 0 Å². The number of hydrogen-bond donors (Lipinski definition) is 1. The lowest BCUT2D eigenvalue weighted by molar-refractivity contribution is 0.0668. The van der Waals surface area contributed by atoms with E-state index < -0.39 is 0 Å². The molecule has 2 N–H and O–H groups in total. The van der Waals surface area contributed by atoms with Crippen LogP contribution in [0, 0.1) is 12.8 Å². The van der Waals surface area contributed by atoms with E-state index in [1.54, 1.807) is 12.4 Å². The van der Waals surface area contributed by atoms with E-state index in [1.807, 2.05) is 6.92 Å². The summed E-state index contributed by atoms with van der Waals surface area (Å²) in [4.78, 5) is 11.4. The molecule has 0 radical (unpaired) electrons. The van der Waals surface area contributed by atoms with E-state index in [0.29, 0.717) is 18.0 Å². The van der Waals surface area contributed by atoms with Crippen LogP contribution < -0.4 is 5.73 Å². The topological polar surface area (TPSA) is 55.0 Å². The minimum atomic E-state index is 0.301. The van der Waals surface area contributed by atoms with Gasteiger partial charge in [0.2, 0.25) is 0 Å². The molecule has 0 spiro atoms. The summed E-state index contributed by atoms with van der Waals surface area (Å²) in [5.74, 6) is 0.670. The highest BCUT2D eigenvalue weighted by atomic mass is 15.2. The first-order valence-corrected chi connectivity index (χ1v) is 6.88. The number of rotatable bonds is 3. The molecule has 100 valence electrons. The molecular weight excluding hydrogens is 224 g/mol. The Kier molecular flexibility index (Phi) is 4.30. The van der Waals surface area contributed by atoms with Crippen LogP contribution >= 0.6 is 0 Å². The van der Waals surface area contributed by atoms with Crippen LogP contribution in [0.1, 0.15) is 44.1 Å². The van der Waals surface area contributed by atoms with Crippen LogP contribution in [0.15, 0.2) is 12.4 Å². The zero-order valence-electron chi connectivity index (χ0n) is 11.6. The van der Waals surface area contributed by atoms with Crippen molar-refractivity contribution >= 4 is 0 Å². The Morgan fingerprint density at radius 1 is 1.44 bits per heavy atom. The average Bonchev–Trinajstić information content (AvgIpc) is 2.38. The van der Waals surface area contributed by atoms with Crippen LogP contribution in [-0.2, 0) is 0 Å². The van der Waals surface area contributed by atoms with Crippen molar-refractivity contribution in [3.63, 3.8) is 0 Å². The summed E-state index contributed by atoms with van der Waals surface area (Å²) in [5, 5.41) is 0. The van der Waals surface area contributed by atoms with Gasteiger partial charge in [0.15, 0.2) is 0 Å². The Hall–Kier alpha value is -1.00. The molecule has 4 nitrogen and oxygen atoms in total. The smallest absolute Gasteiger partial charge is 0.0784 e. The molecule has 1 aliphatic heterocycles. The molecule has 3 atom stereocenters. The summed E-state index contributed by atoms with van der Waals surface area (Å²) in [6, 6.07) is 0.769. The summed E-state index contributed by atoms with van der Waals surface area (Å²) in [7, 11) is 0. The van der Waals surface area contributed by atoms with Crippen LogP contribution in [-0.4, -0.2) is 34.0 Å². The number of aromatic nitrogens is 2. The number of hydrogen-bond acceptors (Lipinski definition) is 4. The summed E-state index contributed by atoms with van der Waals surface area (Å²) in [6.07, 6.45) is 6.07. The van der Waals surface area contributed by atoms with Gasteiger partial charge in [-0.3, -0.25) is 14.9 Å². The fourth-order valence-electron chi connectivity index (χ4n) is 3.12. The fraction of sp³-hybridized carbons (Fsp3) is 0.714. The van der Waals surface area contributed by atoms with Gasteiger partial charge in [-0.1, -0.05) is 6.92 Å². The predicted octanol–water partition coefficient (Wildman–Crippen LogP) is 1.91. The normalized spacial score (nSPS) is 27.1. The fourth-order valence-corrected chi connectivity index (χ4v) is 3.12. The van der Waals surface area contributed by atoms with Gasteiger partial charge in [-0.05, 0) is 39.2 Å². The molecule has 1 fully saturated rings. The molecule has 1 aliphatic rings. The SMILES string of the molecule is Cc1nccnc1C(C)N1CCCC(C)C1CN. The molecular formula is C14H24N4. The Morgan fingerprint density at radius 2 is 2.17 bits per heavy atom. The quantitative estimate of drug-likeness (QED) is 0.887. The molecule has 18 heavy (non-hydrogen) atoms. The van der Waals surface area contributed by atoms with Gasteiger partial charge in [-0.15, -0.1) is 0 Å². The third-order valence-corrected chi connectivity index (χ3v) is 4.21. The Balaban J connectivity index is 2.21. The molecule has 3 unspecified atom stereocenters. The van der Waals surface area contributed by atoms with Crippen molar-refractivity contribution in [1.29, 1.82) is 0 Å². The Labute approximate surface area is 110 Å². The molecule has 4 heteroatoms. The van der Waals surface area contributed by atoms with Crippen molar-refractivity contribution in [2.75, 3.05) is 13.1 Å². The van der Waals surface area contributed by atoms with Gasteiger partial charge in [0.05, 0.1) is 17.4 Å². The van der Waals surface area contributed by atoms with E-state index in [-0.39, 0.29) is 0 Å². The van der Waals surface area contributed by atoms with Gasteiger partial charge in [0, 0.05) is 25.0 Å². The first kappa shape index (κ1) is 13.4. The zero-order chi connectivity index (χ0) is 13.1. The largest absolute Gasteiger partial charge is 0.329 e. The third-order valence-electron chi connectivity index (χ3n) is 4.21. The molecule has 1 aromatic heterocycles.